The maximum absolute atomic E-state index is 11.5. The van der Waals surface area contributed by atoms with Gasteiger partial charge in [0.25, 0.3) is 0 Å². The van der Waals surface area contributed by atoms with Crippen LogP contribution in [-0.4, -0.2) is 29.3 Å². The van der Waals surface area contributed by atoms with Crippen molar-refractivity contribution in [3.63, 3.8) is 0 Å². The SMILES string of the molecule is CC(OC(=O)CCCCC(=O)O)OC(=O)C(C)(C)C. The van der Waals surface area contributed by atoms with Crippen LogP contribution in [0.15, 0.2) is 0 Å². The first-order valence-electron chi connectivity index (χ1n) is 6.25. The van der Waals surface area contributed by atoms with Gasteiger partial charge < -0.3 is 14.6 Å². The molecular formula is C13H22O6. The fraction of sp³-hybridized carbons (Fsp3) is 0.769. The van der Waals surface area contributed by atoms with Gasteiger partial charge in [0, 0.05) is 19.8 Å². The number of carboxylic acids is 1. The standard InChI is InChI=1S/C13H22O6/c1-9(19-12(17)13(2,3)4)18-11(16)8-6-5-7-10(14)15/h9H,5-8H2,1-4H3,(H,14,15). The molecule has 6 heteroatoms. The molecule has 0 aliphatic carbocycles. The molecule has 0 spiro atoms. The summed E-state index contributed by atoms with van der Waals surface area (Å²) in [6.45, 7) is 6.58. The smallest absolute Gasteiger partial charge is 0.314 e. The lowest BCUT2D eigenvalue weighted by Crippen LogP contribution is -2.29. The van der Waals surface area contributed by atoms with E-state index < -0.39 is 29.6 Å². The summed E-state index contributed by atoms with van der Waals surface area (Å²) in [6, 6.07) is 0. The van der Waals surface area contributed by atoms with E-state index in [2.05, 4.69) is 0 Å². The Balaban J connectivity index is 3.87. The largest absolute Gasteiger partial charge is 0.481 e. The molecule has 0 aliphatic rings. The Hall–Kier alpha value is -1.59. The van der Waals surface area contributed by atoms with E-state index in [1.807, 2.05) is 0 Å². The number of carbonyl (C=O) groups is 3. The second-order valence-corrected chi connectivity index (χ2v) is 5.31. The molecule has 19 heavy (non-hydrogen) atoms. The predicted molar refractivity (Wildman–Crippen MR) is 67.2 cm³/mol. The zero-order valence-electron chi connectivity index (χ0n) is 11.9. The van der Waals surface area contributed by atoms with Gasteiger partial charge in [-0.25, -0.2) is 0 Å². The highest BCUT2D eigenvalue weighted by atomic mass is 16.7. The van der Waals surface area contributed by atoms with Gasteiger partial charge in [0.1, 0.15) is 0 Å². The number of esters is 2. The lowest BCUT2D eigenvalue weighted by molar-refractivity contribution is -0.190. The molecule has 1 atom stereocenters. The first-order chi connectivity index (χ1) is 8.62. The van der Waals surface area contributed by atoms with Crippen molar-refractivity contribution < 1.29 is 29.0 Å². The average Bonchev–Trinajstić information content (AvgIpc) is 2.22. The van der Waals surface area contributed by atoms with Crippen LogP contribution in [0.3, 0.4) is 0 Å². The van der Waals surface area contributed by atoms with E-state index in [0.29, 0.717) is 12.8 Å². The lowest BCUT2D eigenvalue weighted by atomic mass is 9.97. The van der Waals surface area contributed by atoms with Crippen molar-refractivity contribution in [2.75, 3.05) is 0 Å². The number of aliphatic carboxylic acids is 1. The van der Waals surface area contributed by atoms with Crippen LogP contribution < -0.4 is 0 Å². The Morgan fingerprint density at radius 3 is 2.05 bits per heavy atom. The van der Waals surface area contributed by atoms with Crippen LogP contribution in [0.5, 0.6) is 0 Å². The third kappa shape index (κ3) is 9.04. The molecule has 0 aromatic rings. The monoisotopic (exact) mass is 274 g/mol. The Kier molecular flexibility index (Phi) is 7.11. The molecule has 110 valence electrons. The Morgan fingerprint density at radius 2 is 1.58 bits per heavy atom. The molecular weight excluding hydrogens is 252 g/mol. The van der Waals surface area contributed by atoms with E-state index in [0.717, 1.165) is 0 Å². The molecule has 0 radical (unpaired) electrons. The molecule has 0 aromatic carbocycles. The molecule has 0 aromatic heterocycles. The topological polar surface area (TPSA) is 89.9 Å². The Bertz CT molecular complexity index is 329. The second kappa shape index (κ2) is 7.76. The fourth-order valence-corrected chi connectivity index (χ4v) is 1.14. The summed E-state index contributed by atoms with van der Waals surface area (Å²) in [4.78, 5) is 33.1. The van der Waals surface area contributed by atoms with Gasteiger partial charge in [0.05, 0.1) is 5.41 Å². The number of hydrogen-bond donors (Lipinski definition) is 1. The van der Waals surface area contributed by atoms with Crippen LogP contribution in [0, 0.1) is 5.41 Å². The van der Waals surface area contributed by atoms with Crippen LogP contribution in [0.4, 0.5) is 0 Å². The third-order valence-corrected chi connectivity index (χ3v) is 2.20. The number of carbonyl (C=O) groups excluding carboxylic acids is 2. The zero-order valence-corrected chi connectivity index (χ0v) is 11.9. The van der Waals surface area contributed by atoms with Crippen molar-refractivity contribution in [3.8, 4) is 0 Å². The minimum Gasteiger partial charge on any atom is -0.481 e. The highest BCUT2D eigenvalue weighted by Gasteiger charge is 2.26. The van der Waals surface area contributed by atoms with Gasteiger partial charge in [-0.2, -0.15) is 0 Å². The second-order valence-electron chi connectivity index (χ2n) is 5.31. The average molecular weight is 274 g/mol. The molecule has 0 heterocycles. The minimum atomic E-state index is -0.932. The maximum Gasteiger partial charge on any atom is 0.314 e. The molecule has 1 unspecified atom stereocenters. The molecule has 0 fully saturated rings. The molecule has 0 bridgehead atoms. The van der Waals surface area contributed by atoms with E-state index in [1.54, 1.807) is 20.8 Å². The highest BCUT2D eigenvalue weighted by Crippen LogP contribution is 2.16. The zero-order chi connectivity index (χ0) is 15.1. The van der Waals surface area contributed by atoms with Crippen molar-refractivity contribution in [1.82, 2.24) is 0 Å². The number of ether oxygens (including phenoxy) is 2. The molecule has 0 rings (SSSR count). The summed E-state index contributed by atoms with van der Waals surface area (Å²) < 4.78 is 9.85. The van der Waals surface area contributed by atoms with E-state index in [1.165, 1.54) is 6.92 Å². The van der Waals surface area contributed by atoms with Gasteiger partial charge in [-0.1, -0.05) is 0 Å². The van der Waals surface area contributed by atoms with E-state index in [-0.39, 0.29) is 12.8 Å². The lowest BCUT2D eigenvalue weighted by Gasteiger charge is -2.20. The number of hydrogen-bond acceptors (Lipinski definition) is 5. The number of carboxylic acid groups (broad SMARTS) is 1. The van der Waals surface area contributed by atoms with Gasteiger partial charge in [-0.05, 0) is 33.6 Å². The summed E-state index contributed by atoms with van der Waals surface area (Å²) in [5.41, 5.74) is -0.651. The van der Waals surface area contributed by atoms with Crippen LogP contribution in [0.2, 0.25) is 0 Å². The third-order valence-electron chi connectivity index (χ3n) is 2.20. The van der Waals surface area contributed by atoms with Crippen LogP contribution >= 0.6 is 0 Å². The summed E-state index contributed by atoms with van der Waals surface area (Å²) in [5.74, 6) is -1.83. The molecule has 6 nitrogen and oxygen atoms in total. The van der Waals surface area contributed by atoms with Gasteiger partial charge in [0.15, 0.2) is 0 Å². The first kappa shape index (κ1) is 17.4. The van der Waals surface area contributed by atoms with E-state index >= 15 is 0 Å². The molecule has 0 aliphatic heterocycles. The van der Waals surface area contributed by atoms with Crippen molar-refractivity contribution in [3.05, 3.63) is 0 Å². The highest BCUT2D eigenvalue weighted by molar-refractivity contribution is 5.76. The summed E-state index contributed by atoms with van der Waals surface area (Å²) >= 11 is 0. The summed E-state index contributed by atoms with van der Waals surface area (Å²) in [7, 11) is 0. The van der Waals surface area contributed by atoms with Gasteiger partial charge >= 0.3 is 17.9 Å². The van der Waals surface area contributed by atoms with Crippen molar-refractivity contribution >= 4 is 17.9 Å². The minimum absolute atomic E-state index is 0.0296. The van der Waals surface area contributed by atoms with Gasteiger partial charge in [-0.3, -0.25) is 14.4 Å². The quantitative estimate of drug-likeness (QED) is 0.434. The van der Waals surface area contributed by atoms with E-state index in [9.17, 15) is 14.4 Å². The van der Waals surface area contributed by atoms with Crippen LogP contribution in [0.25, 0.3) is 0 Å². The molecule has 0 saturated carbocycles. The predicted octanol–water partition coefficient (Wildman–Crippen LogP) is 2.11. The van der Waals surface area contributed by atoms with Crippen LogP contribution in [-0.2, 0) is 23.9 Å². The van der Waals surface area contributed by atoms with Crippen LogP contribution in [0.1, 0.15) is 53.4 Å². The molecule has 1 N–H and O–H groups in total. The normalized spacial score (nSPS) is 12.6. The molecule has 0 amide bonds. The number of unbranched alkanes of at least 4 members (excludes halogenated alkanes) is 1. The van der Waals surface area contributed by atoms with Gasteiger partial charge in [0.2, 0.25) is 6.29 Å². The Labute approximate surface area is 113 Å². The van der Waals surface area contributed by atoms with Crippen molar-refractivity contribution in [2.45, 2.75) is 59.7 Å². The van der Waals surface area contributed by atoms with Crippen molar-refractivity contribution in [2.24, 2.45) is 5.41 Å². The maximum atomic E-state index is 11.5. The first-order valence-corrected chi connectivity index (χ1v) is 6.25. The summed E-state index contributed by atoms with van der Waals surface area (Å²) in [6.07, 6.45) is 0.0664. The molecule has 0 saturated heterocycles. The fourth-order valence-electron chi connectivity index (χ4n) is 1.14. The summed E-state index contributed by atoms with van der Waals surface area (Å²) in [5, 5.41) is 8.43. The van der Waals surface area contributed by atoms with Gasteiger partial charge in [-0.15, -0.1) is 0 Å². The number of rotatable bonds is 7. The van der Waals surface area contributed by atoms with E-state index in [4.69, 9.17) is 14.6 Å². The Morgan fingerprint density at radius 1 is 1.05 bits per heavy atom. The van der Waals surface area contributed by atoms with Crippen molar-refractivity contribution in [1.29, 1.82) is 0 Å².